The Morgan fingerprint density at radius 1 is 1.19 bits per heavy atom. The first-order chi connectivity index (χ1) is 14.9. The van der Waals surface area contributed by atoms with Gasteiger partial charge in [0.25, 0.3) is 0 Å². The van der Waals surface area contributed by atoms with Crippen LogP contribution in [-0.4, -0.2) is 51.0 Å². The molecule has 0 spiro atoms. The van der Waals surface area contributed by atoms with Crippen LogP contribution in [0.15, 0.2) is 53.4 Å². The van der Waals surface area contributed by atoms with Gasteiger partial charge in [0.15, 0.2) is 9.84 Å². The fourth-order valence-electron chi connectivity index (χ4n) is 4.22. The number of hydrogen-bond acceptors (Lipinski definition) is 7. The van der Waals surface area contributed by atoms with Gasteiger partial charge in [-0.3, -0.25) is 0 Å². The van der Waals surface area contributed by atoms with E-state index >= 15 is 0 Å². The Hall–Kier alpha value is -2.68. The topological polar surface area (TPSA) is 97.6 Å². The van der Waals surface area contributed by atoms with E-state index in [0.717, 1.165) is 33.5 Å². The molecule has 7 nitrogen and oxygen atoms in total. The van der Waals surface area contributed by atoms with Gasteiger partial charge in [-0.25, -0.2) is 13.4 Å². The van der Waals surface area contributed by atoms with Gasteiger partial charge in [-0.1, -0.05) is 29.8 Å². The highest BCUT2D eigenvalue weighted by atomic mass is 32.2. The Morgan fingerprint density at radius 3 is 2.74 bits per heavy atom. The van der Waals surface area contributed by atoms with E-state index in [1.807, 2.05) is 35.2 Å². The SMILES string of the molecule is Cc1ccc2nc(N3CCS(=O)(=O)c4ccccc4C3)cc(NC3(CN)COC3)c2c1. The van der Waals surface area contributed by atoms with Gasteiger partial charge in [-0.15, -0.1) is 0 Å². The zero-order valence-electron chi connectivity index (χ0n) is 17.5. The van der Waals surface area contributed by atoms with Crippen LogP contribution in [0, 0.1) is 6.92 Å². The first-order valence-corrected chi connectivity index (χ1v) is 12.1. The molecule has 8 heteroatoms. The lowest BCUT2D eigenvalue weighted by Crippen LogP contribution is -2.60. The largest absolute Gasteiger partial charge is 0.376 e. The summed E-state index contributed by atoms with van der Waals surface area (Å²) < 4.78 is 31.0. The molecular weight excluding hydrogens is 412 g/mol. The second-order valence-corrected chi connectivity index (χ2v) is 10.6. The molecule has 2 aromatic carbocycles. The minimum atomic E-state index is -3.32. The number of rotatable bonds is 4. The van der Waals surface area contributed by atoms with E-state index in [9.17, 15) is 8.42 Å². The standard InChI is InChI=1S/C23H26N4O3S/c1-16-6-7-19-18(10-16)20(26-23(13-24)14-30-15-23)11-22(25-19)27-8-9-31(28,29)21-5-3-2-4-17(21)12-27/h2-7,10-11H,8-9,12-15,24H2,1H3,(H,25,26). The van der Waals surface area contributed by atoms with Gasteiger partial charge in [-0.2, -0.15) is 0 Å². The number of benzene rings is 2. The minimum absolute atomic E-state index is 0.0565. The summed E-state index contributed by atoms with van der Waals surface area (Å²) in [5, 5.41) is 4.63. The highest BCUT2D eigenvalue weighted by molar-refractivity contribution is 7.91. The molecule has 1 saturated heterocycles. The average molecular weight is 439 g/mol. The van der Waals surface area contributed by atoms with Gasteiger partial charge in [0.1, 0.15) is 5.82 Å². The van der Waals surface area contributed by atoms with Crippen LogP contribution in [0.3, 0.4) is 0 Å². The summed E-state index contributed by atoms with van der Waals surface area (Å²) in [4.78, 5) is 7.35. The molecule has 1 fully saturated rings. The maximum atomic E-state index is 12.8. The molecule has 0 saturated carbocycles. The van der Waals surface area contributed by atoms with Crippen molar-refractivity contribution >= 4 is 32.2 Å². The van der Waals surface area contributed by atoms with Gasteiger partial charge in [-0.05, 0) is 30.7 Å². The molecule has 2 aliphatic rings. The van der Waals surface area contributed by atoms with E-state index in [4.69, 9.17) is 15.5 Å². The molecule has 0 atom stereocenters. The molecule has 31 heavy (non-hydrogen) atoms. The van der Waals surface area contributed by atoms with Gasteiger partial charge in [0.05, 0.1) is 34.9 Å². The quantitative estimate of drug-likeness (QED) is 0.646. The van der Waals surface area contributed by atoms with Crippen molar-refractivity contribution in [3.63, 3.8) is 0 Å². The number of aryl methyl sites for hydroxylation is 1. The number of fused-ring (bicyclic) bond motifs is 2. The Kier molecular flexibility index (Phi) is 4.88. The van der Waals surface area contributed by atoms with Crippen molar-refractivity contribution in [2.24, 2.45) is 5.73 Å². The number of sulfone groups is 1. The first-order valence-electron chi connectivity index (χ1n) is 10.4. The zero-order chi connectivity index (χ0) is 21.6. The van der Waals surface area contributed by atoms with Crippen LogP contribution >= 0.6 is 0 Å². The van der Waals surface area contributed by atoms with Crippen molar-refractivity contribution in [3.8, 4) is 0 Å². The number of anilines is 2. The van der Waals surface area contributed by atoms with Crippen molar-refractivity contribution in [2.45, 2.75) is 23.9 Å². The Balaban J connectivity index is 1.60. The summed E-state index contributed by atoms with van der Waals surface area (Å²) >= 11 is 0. The molecule has 0 unspecified atom stereocenters. The van der Waals surface area contributed by atoms with Crippen LogP contribution in [0.25, 0.3) is 10.9 Å². The predicted octanol–water partition coefficient (Wildman–Crippen LogP) is 2.48. The van der Waals surface area contributed by atoms with E-state index in [2.05, 4.69) is 18.3 Å². The maximum Gasteiger partial charge on any atom is 0.180 e. The van der Waals surface area contributed by atoms with E-state index in [0.29, 0.717) is 37.7 Å². The van der Waals surface area contributed by atoms with Gasteiger partial charge < -0.3 is 20.7 Å². The molecule has 0 amide bonds. The number of pyridine rings is 1. The monoisotopic (exact) mass is 438 g/mol. The molecule has 0 aliphatic carbocycles. The average Bonchev–Trinajstić information content (AvgIpc) is 2.87. The molecule has 0 bridgehead atoms. The first kappa shape index (κ1) is 20.2. The lowest BCUT2D eigenvalue weighted by molar-refractivity contribution is -0.0365. The van der Waals surface area contributed by atoms with Gasteiger partial charge in [0.2, 0.25) is 0 Å². The fraction of sp³-hybridized carbons (Fsp3) is 0.348. The third-order valence-corrected chi connectivity index (χ3v) is 7.91. The molecule has 3 N–H and O–H groups in total. The number of hydrogen-bond donors (Lipinski definition) is 2. The van der Waals surface area contributed by atoms with Crippen LogP contribution in [0.2, 0.25) is 0 Å². The van der Waals surface area contributed by atoms with Crippen molar-refractivity contribution in [3.05, 3.63) is 59.7 Å². The number of ether oxygens (including phenoxy) is 1. The number of nitrogens with zero attached hydrogens (tertiary/aromatic N) is 2. The Bertz CT molecular complexity index is 1250. The van der Waals surface area contributed by atoms with Crippen molar-refractivity contribution < 1.29 is 13.2 Å². The number of nitrogens with two attached hydrogens (primary N) is 1. The van der Waals surface area contributed by atoms with E-state index < -0.39 is 9.84 Å². The van der Waals surface area contributed by atoms with Crippen LogP contribution < -0.4 is 16.0 Å². The van der Waals surface area contributed by atoms with Crippen molar-refractivity contribution in [1.29, 1.82) is 0 Å². The fourth-order valence-corrected chi connectivity index (χ4v) is 5.72. The van der Waals surface area contributed by atoms with Crippen LogP contribution in [-0.2, 0) is 21.1 Å². The normalized spacial score (nSPS) is 19.4. The summed E-state index contributed by atoms with van der Waals surface area (Å²) in [7, 11) is -3.32. The second-order valence-electron chi connectivity index (χ2n) is 8.50. The second kappa shape index (κ2) is 7.47. The lowest BCUT2D eigenvalue weighted by atomic mass is 9.96. The predicted molar refractivity (Wildman–Crippen MR) is 122 cm³/mol. The molecule has 162 valence electrons. The van der Waals surface area contributed by atoms with E-state index in [1.54, 1.807) is 12.1 Å². The minimum Gasteiger partial charge on any atom is -0.376 e. The van der Waals surface area contributed by atoms with E-state index in [1.165, 1.54) is 0 Å². The molecule has 1 aromatic heterocycles. The molecule has 0 radical (unpaired) electrons. The highest BCUT2D eigenvalue weighted by Gasteiger charge is 2.37. The molecule has 3 heterocycles. The van der Waals surface area contributed by atoms with Gasteiger partial charge >= 0.3 is 0 Å². The summed E-state index contributed by atoms with van der Waals surface area (Å²) in [5.41, 5.74) is 9.50. The molecular formula is C23H26N4O3S. The molecule has 2 aliphatic heterocycles. The Labute approximate surface area is 182 Å². The van der Waals surface area contributed by atoms with Crippen LogP contribution in [0.5, 0.6) is 0 Å². The zero-order valence-corrected chi connectivity index (χ0v) is 18.3. The van der Waals surface area contributed by atoms with Crippen LogP contribution in [0.4, 0.5) is 11.5 Å². The number of aromatic nitrogens is 1. The third kappa shape index (κ3) is 3.64. The smallest absolute Gasteiger partial charge is 0.180 e. The summed E-state index contributed by atoms with van der Waals surface area (Å²) in [6, 6.07) is 15.4. The van der Waals surface area contributed by atoms with Crippen molar-refractivity contribution in [1.82, 2.24) is 4.98 Å². The number of nitrogens with one attached hydrogen (secondary N) is 1. The lowest BCUT2D eigenvalue weighted by Gasteiger charge is -2.42. The molecule has 3 aromatic rings. The van der Waals surface area contributed by atoms with Crippen LogP contribution in [0.1, 0.15) is 11.1 Å². The Morgan fingerprint density at radius 2 is 2.00 bits per heavy atom. The third-order valence-electron chi connectivity index (χ3n) is 6.12. The summed E-state index contributed by atoms with van der Waals surface area (Å²) in [6.07, 6.45) is 0. The highest BCUT2D eigenvalue weighted by Crippen LogP contribution is 2.33. The van der Waals surface area contributed by atoms with E-state index in [-0.39, 0.29) is 11.3 Å². The summed E-state index contributed by atoms with van der Waals surface area (Å²) in [6.45, 7) is 4.51. The molecule has 5 rings (SSSR count). The van der Waals surface area contributed by atoms with Gasteiger partial charge in [0, 0.05) is 36.8 Å². The maximum absolute atomic E-state index is 12.8. The summed E-state index contributed by atoms with van der Waals surface area (Å²) in [5.74, 6) is 0.805. The van der Waals surface area contributed by atoms with Crippen molar-refractivity contribution in [2.75, 3.05) is 42.3 Å².